The zero-order valence-corrected chi connectivity index (χ0v) is 11.3. The van der Waals surface area contributed by atoms with E-state index < -0.39 is 0 Å². The molecule has 1 aromatic heterocycles. The Balaban J connectivity index is 2.01. The van der Waals surface area contributed by atoms with E-state index in [2.05, 4.69) is 49.7 Å². The number of nitrogens with two attached hydrogens (primary N) is 1. The van der Waals surface area contributed by atoms with Crippen LogP contribution in [-0.4, -0.2) is 29.1 Å². The number of nitrogens with zero attached hydrogens (tertiary/aromatic N) is 2. The molecule has 1 aromatic carbocycles. The van der Waals surface area contributed by atoms with Gasteiger partial charge in [0.15, 0.2) is 0 Å². The van der Waals surface area contributed by atoms with E-state index in [-0.39, 0.29) is 0 Å². The van der Waals surface area contributed by atoms with Crippen LogP contribution < -0.4 is 5.73 Å². The maximum absolute atomic E-state index is 5.62. The van der Waals surface area contributed by atoms with E-state index >= 15 is 0 Å². The molecule has 2 heterocycles. The molecule has 0 fully saturated rings. The lowest BCUT2D eigenvalue weighted by atomic mass is 10.2. The first-order valence-electron chi connectivity index (χ1n) is 5.98. The number of fused-ring (bicyclic) bond motifs is 3. The second kappa shape index (κ2) is 4.44. The molecule has 2 N–H and O–H groups in total. The van der Waals surface area contributed by atoms with E-state index in [1.54, 1.807) is 0 Å². The van der Waals surface area contributed by atoms with Crippen molar-refractivity contribution in [2.75, 3.05) is 19.6 Å². The molecule has 0 aliphatic carbocycles. The van der Waals surface area contributed by atoms with Gasteiger partial charge in [-0.2, -0.15) is 0 Å². The van der Waals surface area contributed by atoms with E-state index in [0.29, 0.717) is 0 Å². The van der Waals surface area contributed by atoms with Crippen LogP contribution in [0.5, 0.6) is 0 Å². The van der Waals surface area contributed by atoms with Crippen LogP contribution in [0.15, 0.2) is 28.7 Å². The van der Waals surface area contributed by atoms with E-state index in [1.807, 2.05) is 0 Å². The summed E-state index contributed by atoms with van der Waals surface area (Å²) in [6, 6.07) is 8.79. The molecule has 90 valence electrons. The van der Waals surface area contributed by atoms with Crippen molar-refractivity contribution in [3.05, 3.63) is 34.4 Å². The number of hydrogen-bond acceptors (Lipinski definition) is 2. The Morgan fingerprint density at radius 2 is 2.12 bits per heavy atom. The minimum atomic E-state index is 0.742. The van der Waals surface area contributed by atoms with Crippen LogP contribution in [0.25, 0.3) is 10.9 Å². The fraction of sp³-hybridized carbons (Fsp3) is 0.385. The SMILES string of the molecule is NCCN1CCn2c(cc3cc(Br)ccc32)C1. The molecule has 0 saturated heterocycles. The summed E-state index contributed by atoms with van der Waals surface area (Å²) in [6.45, 7) is 4.92. The van der Waals surface area contributed by atoms with Crippen LogP contribution in [0.3, 0.4) is 0 Å². The van der Waals surface area contributed by atoms with Gasteiger partial charge in [-0.1, -0.05) is 15.9 Å². The van der Waals surface area contributed by atoms with Crippen LogP contribution in [0.4, 0.5) is 0 Å². The Labute approximate surface area is 109 Å². The van der Waals surface area contributed by atoms with Crippen molar-refractivity contribution < 1.29 is 0 Å². The van der Waals surface area contributed by atoms with E-state index in [1.165, 1.54) is 16.6 Å². The molecule has 3 rings (SSSR count). The maximum atomic E-state index is 5.62. The molecule has 2 aromatic rings. The zero-order valence-electron chi connectivity index (χ0n) is 9.69. The van der Waals surface area contributed by atoms with Crippen molar-refractivity contribution in [3.63, 3.8) is 0 Å². The lowest BCUT2D eigenvalue weighted by Gasteiger charge is -2.28. The van der Waals surface area contributed by atoms with E-state index in [0.717, 1.165) is 37.2 Å². The normalized spacial score (nSPS) is 16.4. The molecule has 1 aliphatic rings. The van der Waals surface area contributed by atoms with Gasteiger partial charge in [-0.15, -0.1) is 0 Å². The fourth-order valence-electron chi connectivity index (χ4n) is 2.62. The van der Waals surface area contributed by atoms with Gasteiger partial charge in [0.05, 0.1) is 0 Å². The third kappa shape index (κ3) is 2.01. The number of rotatable bonds is 2. The molecule has 0 unspecified atom stereocenters. The highest BCUT2D eigenvalue weighted by Gasteiger charge is 2.17. The predicted molar refractivity (Wildman–Crippen MR) is 74.0 cm³/mol. The van der Waals surface area contributed by atoms with Gasteiger partial charge in [0.25, 0.3) is 0 Å². The Morgan fingerprint density at radius 1 is 1.24 bits per heavy atom. The summed E-state index contributed by atoms with van der Waals surface area (Å²) >= 11 is 3.53. The molecular formula is C13H16BrN3. The number of hydrogen-bond donors (Lipinski definition) is 1. The molecular weight excluding hydrogens is 278 g/mol. The highest BCUT2D eigenvalue weighted by molar-refractivity contribution is 9.10. The van der Waals surface area contributed by atoms with Gasteiger partial charge in [-0.3, -0.25) is 4.90 Å². The number of benzene rings is 1. The summed E-state index contributed by atoms with van der Waals surface area (Å²) in [5.74, 6) is 0. The molecule has 0 atom stereocenters. The van der Waals surface area contributed by atoms with E-state index in [4.69, 9.17) is 5.73 Å². The van der Waals surface area contributed by atoms with Gasteiger partial charge >= 0.3 is 0 Å². The summed E-state index contributed by atoms with van der Waals surface area (Å²) in [4.78, 5) is 2.42. The first kappa shape index (κ1) is 11.3. The van der Waals surface area contributed by atoms with Crippen LogP contribution in [-0.2, 0) is 13.1 Å². The summed E-state index contributed by atoms with van der Waals surface area (Å²) < 4.78 is 3.57. The molecule has 3 nitrogen and oxygen atoms in total. The van der Waals surface area contributed by atoms with Crippen molar-refractivity contribution in [3.8, 4) is 0 Å². The van der Waals surface area contributed by atoms with Gasteiger partial charge in [0.2, 0.25) is 0 Å². The topological polar surface area (TPSA) is 34.2 Å². The van der Waals surface area contributed by atoms with E-state index in [9.17, 15) is 0 Å². The average molecular weight is 294 g/mol. The fourth-order valence-corrected chi connectivity index (χ4v) is 3.00. The molecule has 4 heteroatoms. The number of aromatic nitrogens is 1. The van der Waals surface area contributed by atoms with Gasteiger partial charge in [0, 0.05) is 53.8 Å². The third-order valence-corrected chi connectivity index (χ3v) is 3.91. The first-order valence-corrected chi connectivity index (χ1v) is 6.77. The van der Waals surface area contributed by atoms with Crippen LogP contribution >= 0.6 is 15.9 Å². The van der Waals surface area contributed by atoms with Gasteiger partial charge in [-0.05, 0) is 24.3 Å². The molecule has 0 radical (unpaired) electrons. The highest BCUT2D eigenvalue weighted by Crippen LogP contribution is 2.26. The lowest BCUT2D eigenvalue weighted by Crippen LogP contribution is -2.36. The quantitative estimate of drug-likeness (QED) is 0.921. The van der Waals surface area contributed by atoms with Crippen LogP contribution in [0.2, 0.25) is 0 Å². The zero-order chi connectivity index (χ0) is 11.8. The van der Waals surface area contributed by atoms with Crippen molar-refractivity contribution in [1.29, 1.82) is 0 Å². The van der Waals surface area contributed by atoms with Crippen LogP contribution in [0, 0.1) is 0 Å². The Kier molecular flexibility index (Phi) is 2.94. The second-order valence-corrected chi connectivity index (χ2v) is 5.47. The number of halogens is 1. The second-order valence-electron chi connectivity index (χ2n) is 4.56. The van der Waals surface area contributed by atoms with Crippen molar-refractivity contribution in [1.82, 2.24) is 9.47 Å². The molecule has 0 spiro atoms. The molecule has 1 aliphatic heterocycles. The smallest absolute Gasteiger partial charge is 0.0484 e. The predicted octanol–water partition coefficient (Wildman–Crippen LogP) is 2.18. The van der Waals surface area contributed by atoms with Crippen molar-refractivity contribution in [2.45, 2.75) is 13.1 Å². The van der Waals surface area contributed by atoms with Crippen molar-refractivity contribution >= 4 is 26.8 Å². The monoisotopic (exact) mass is 293 g/mol. The Hall–Kier alpha value is -0.840. The summed E-state index contributed by atoms with van der Waals surface area (Å²) in [6.07, 6.45) is 0. The van der Waals surface area contributed by atoms with Gasteiger partial charge < -0.3 is 10.3 Å². The van der Waals surface area contributed by atoms with Crippen molar-refractivity contribution in [2.24, 2.45) is 5.73 Å². The molecule has 0 bridgehead atoms. The Bertz CT molecular complexity index is 547. The molecule has 0 saturated carbocycles. The Morgan fingerprint density at radius 3 is 2.94 bits per heavy atom. The minimum absolute atomic E-state index is 0.742. The maximum Gasteiger partial charge on any atom is 0.0484 e. The third-order valence-electron chi connectivity index (χ3n) is 3.42. The largest absolute Gasteiger partial charge is 0.342 e. The lowest BCUT2D eigenvalue weighted by molar-refractivity contribution is 0.229. The molecule has 0 amide bonds. The summed E-state index contributed by atoms with van der Waals surface area (Å²) in [5, 5.41) is 1.32. The van der Waals surface area contributed by atoms with Gasteiger partial charge in [0.1, 0.15) is 0 Å². The highest BCUT2D eigenvalue weighted by atomic mass is 79.9. The minimum Gasteiger partial charge on any atom is -0.342 e. The van der Waals surface area contributed by atoms with Gasteiger partial charge in [-0.25, -0.2) is 0 Å². The summed E-state index contributed by atoms with van der Waals surface area (Å²) in [7, 11) is 0. The molecule has 17 heavy (non-hydrogen) atoms. The first-order chi connectivity index (χ1) is 8.28. The van der Waals surface area contributed by atoms with Crippen LogP contribution in [0.1, 0.15) is 5.69 Å². The summed E-state index contributed by atoms with van der Waals surface area (Å²) in [5.41, 5.74) is 8.36. The standard InChI is InChI=1S/C13H16BrN3/c14-11-1-2-13-10(7-11)8-12-9-16(4-3-15)5-6-17(12)13/h1-2,7-8H,3-6,9,15H2. The average Bonchev–Trinajstić information content (AvgIpc) is 2.65.